The summed E-state index contributed by atoms with van der Waals surface area (Å²) in [5.41, 5.74) is -2.31. The molecule has 0 radical (unpaired) electrons. The van der Waals surface area contributed by atoms with Crippen molar-refractivity contribution in [2.75, 3.05) is 13.1 Å². The van der Waals surface area contributed by atoms with Gasteiger partial charge >= 0.3 is 18.0 Å². The van der Waals surface area contributed by atoms with Gasteiger partial charge in [-0.3, -0.25) is 9.59 Å². The van der Waals surface area contributed by atoms with E-state index in [4.69, 9.17) is 9.47 Å². The molecule has 6 nitrogen and oxygen atoms in total. The average Bonchev–Trinajstić information content (AvgIpc) is 2.23. The maximum atomic E-state index is 12.2. The zero-order chi connectivity index (χ0) is 15.3. The lowest BCUT2D eigenvalue weighted by Crippen LogP contribution is -2.62. The molecule has 2 fully saturated rings. The number of likely N-dealkylation sites (tertiary alicyclic amines) is 1. The molecule has 2 bridgehead atoms. The van der Waals surface area contributed by atoms with Crippen LogP contribution in [0.3, 0.4) is 0 Å². The summed E-state index contributed by atoms with van der Waals surface area (Å²) in [6, 6.07) is 0. The zero-order valence-electron chi connectivity index (χ0n) is 12.6. The third-order valence-corrected chi connectivity index (χ3v) is 3.68. The van der Waals surface area contributed by atoms with E-state index in [9.17, 15) is 14.4 Å². The van der Waals surface area contributed by atoms with Crippen molar-refractivity contribution in [3.63, 3.8) is 0 Å². The highest BCUT2D eigenvalue weighted by Gasteiger charge is 2.58. The standard InChI is InChI=1S/C14H21NO5/c1-12(2,3)20-11(18)15-7-13(4)6-14(5,8-15)10(17)19-9(13)16/h6-8H2,1-5H3. The SMILES string of the molecule is CC(C)(C)OC(=O)N1CC2(C)CC(C)(C1)C(=O)OC2=O. The number of piperidine rings is 1. The van der Waals surface area contributed by atoms with Crippen molar-refractivity contribution in [1.29, 1.82) is 0 Å². The Kier molecular flexibility index (Phi) is 3.11. The predicted molar refractivity (Wildman–Crippen MR) is 69.7 cm³/mol. The van der Waals surface area contributed by atoms with E-state index in [2.05, 4.69) is 0 Å². The normalized spacial score (nSPS) is 33.8. The van der Waals surface area contributed by atoms with Gasteiger partial charge in [0.1, 0.15) is 5.60 Å². The summed E-state index contributed by atoms with van der Waals surface area (Å²) in [6.45, 7) is 9.19. The van der Waals surface area contributed by atoms with Crippen LogP contribution in [0.4, 0.5) is 4.79 Å². The summed E-state index contributed by atoms with van der Waals surface area (Å²) in [4.78, 5) is 37.4. The van der Waals surface area contributed by atoms with Gasteiger partial charge in [-0.25, -0.2) is 4.79 Å². The Hall–Kier alpha value is -1.59. The minimum atomic E-state index is -0.849. The van der Waals surface area contributed by atoms with Crippen LogP contribution in [-0.4, -0.2) is 41.6 Å². The van der Waals surface area contributed by atoms with Crippen LogP contribution in [0.25, 0.3) is 0 Å². The third-order valence-electron chi connectivity index (χ3n) is 3.68. The van der Waals surface area contributed by atoms with Crippen LogP contribution in [-0.2, 0) is 19.1 Å². The summed E-state index contributed by atoms with van der Waals surface area (Å²) in [7, 11) is 0. The van der Waals surface area contributed by atoms with Crippen LogP contribution in [0, 0.1) is 10.8 Å². The number of ether oxygens (including phenoxy) is 2. The average molecular weight is 283 g/mol. The number of hydrogen-bond acceptors (Lipinski definition) is 5. The van der Waals surface area contributed by atoms with Gasteiger partial charge in [0.2, 0.25) is 0 Å². The Morgan fingerprint density at radius 2 is 1.60 bits per heavy atom. The van der Waals surface area contributed by atoms with E-state index in [-0.39, 0.29) is 13.1 Å². The predicted octanol–water partition coefficient (Wildman–Crippen LogP) is 1.72. The Balaban J connectivity index is 2.25. The zero-order valence-corrected chi connectivity index (χ0v) is 12.6. The van der Waals surface area contributed by atoms with Crippen molar-refractivity contribution in [3.05, 3.63) is 0 Å². The fourth-order valence-corrected chi connectivity index (χ4v) is 2.93. The second-order valence-electron chi connectivity index (χ2n) is 7.31. The summed E-state index contributed by atoms with van der Waals surface area (Å²) in [6.07, 6.45) is -0.103. The van der Waals surface area contributed by atoms with Crippen molar-refractivity contribution >= 4 is 18.0 Å². The maximum absolute atomic E-state index is 12.2. The largest absolute Gasteiger partial charge is 0.444 e. The molecule has 2 aliphatic heterocycles. The number of rotatable bonds is 0. The van der Waals surface area contributed by atoms with Crippen molar-refractivity contribution in [1.82, 2.24) is 4.90 Å². The molecule has 2 saturated heterocycles. The van der Waals surface area contributed by atoms with Gasteiger partial charge < -0.3 is 14.4 Å². The van der Waals surface area contributed by atoms with E-state index in [1.165, 1.54) is 4.90 Å². The number of carbonyl (C=O) groups excluding carboxylic acids is 3. The highest BCUT2D eigenvalue weighted by molar-refractivity contribution is 5.96. The molecule has 20 heavy (non-hydrogen) atoms. The summed E-state index contributed by atoms with van der Waals surface area (Å²) >= 11 is 0. The number of amides is 1. The lowest BCUT2D eigenvalue weighted by Gasteiger charge is -2.49. The van der Waals surface area contributed by atoms with E-state index in [1.807, 2.05) is 0 Å². The van der Waals surface area contributed by atoms with E-state index >= 15 is 0 Å². The maximum Gasteiger partial charge on any atom is 0.410 e. The van der Waals surface area contributed by atoms with Crippen LogP contribution < -0.4 is 0 Å². The molecule has 0 spiro atoms. The molecule has 2 heterocycles. The van der Waals surface area contributed by atoms with Crippen LogP contribution in [0.1, 0.15) is 41.0 Å². The smallest absolute Gasteiger partial charge is 0.410 e. The quantitative estimate of drug-likeness (QED) is 0.500. The summed E-state index contributed by atoms with van der Waals surface area (Å²) in [5.74, 6) is -1.12. The van der Waals surface area contributed by atoms with Crippen molar-refractivity contribution in [2.24, 2.45) is 10.8 Å². The fraction of sp³-hybridized carbons (Fsp3) is 0.786. The Bertz CT molecular complexity index is 452. The number of fused-ring (bicyclic) bond motifs is 2. The second-order valence-corrected chi connectivity index (χ2v) is 7.31. The van der Waals surface area contributed by atoms with Gasteiger partial charge in [-0.15, -0.1) is 0 Å². The minimum absolute atomic E-state index is 0.212. The summed E-state index contributed by atoms with van der Waals surface area (Å²) < 4.78 is 10.2. The van der Waals surface area contributed by atoms with Gasteiger partial charge in [0.15, 0.2) is 0 Å². The number of cyclic esters (lactones) is 2. The molecule has 6 heteroatoms. The second kappa shape index (κ2) is 4.20. The molecule has 0 N–H and O–H groups in total. The van der Waals surface area contributed by atoms with Gasteiger partial charge in [0.25, 0.3) is 0 Å². The molecule has 112 valence electrons. The Labute approximate surface area is 118 Å². The van der Waals surface area contributed by atoms with Crippen LogP contribution in [0.5, 0.6) is 0 Å². The monoisotopic (exact) mass is 283 g/mol. The molecular weight excluding hydrogens is 262 g/mol. The lowest BCUT2D eigenvalue weighted by molar-refractivity contribution is -0.192. The van der Waals surface area contributed by atoms with Crippen LogP contribution >= 0.6 is 0 Å². The fourth-order valence-electron chi connectivity index (χ4n) is 2.93. The first-order valence-corrected chi connectivity index (χ1v) is 6.70. The molecular formula is C14H21NO5. The molecule has 0 saturated carbocycles. The molecule has 0 aromatic carbocycles. The molecule has 0 aromatic rings. The highest BCUT2D eigenvalue weighted by Crippen LogP contribution is 2.46. The number of nitrogens with zero attached hydrogens (tertiary/aromatic N) is 1. The first kappa shape index (κ1) is 14.8. The molecule has 0 aromatic heterocycles. The van der Waals surface area contributed by atoms with Gasteiger partial charge in [-0.2, -0.15) is 0 Å². The number of esters is 2. The number of hydrogen-bond donors (Lipinski definition) is 0. The molecule has 2 atom stereocenters. The third kappa shape index (κ3) is 2.51. The van der Waals surface area contributed by atoms with Gasteiger partial charge in [0.05, 0.1) is 10.8 Å². The van der Waals surface area contributed by atoms with Gasteiger partial charge in [0, 0.05) is 13.1 Å². The first-order chi connectivity index (χ1) is 8.95. The van der Waals surface area contributed by atoms with E-state index < -0.39 is 34.5 Å². The molecule has 2 unspecified atom stereocenters. The Morgan fingerprint density at radius 1 is 1.15 bits per heavy atom. The highest BCUT2D eigenvalue weighted by atomic mass is 16.6. The molecule has 2 aliphatic rings. The summed E-state index contributed by atoms with van der Waals surface area (Å²) in [5, 5.41) is 0. The van der Waals surface area contributed by atoms with E-state index in [0.717, 1.165) is 0 Å². The van der Waals surface area contributed by atoms with Crippen LogP contribution in [0.2, 0.25) is 0 Å². The van der Waals surface area contributed by atoms with Gasteiger partial charge in [-0.05, 0) is 41.0 Å². The van der Waals surface area contributed by atoms with Crippen molar-refractivity contribution < 1.29 is 23.9 Å². The van der Waals surface area contributed by atoms with Crippen molar-refractivity contribution in [3.8, 4) is 0 Å². The van der Waals surface area contributed by atoms with E-state index in [0.29, 0.717) is 6.42 Å². The van der Waals surface area contributed by atoms with E-state index in [1.54, 1.807) is 34.6 Å². The van der Waals surface area contributed by atoms with Crippen LogP contribution in [0.15, 0.2) is 0 Å². The number of carbonyl (C=O) groups is 3. The minimum Gasteiger partial charge on any atom is -0.444 e. The molecule has 1 amide bonds. The van der Waals surface area contributed by atoms with Crippen molar-refractivity contribution in [2.45, 2.75) is 46.6 Å². The lowest BCUT2D eigenvalue weighted by atomic mass is 9.67. The first-order valence-electron chi connectivity index (χ1n) is 6.70. The topological polar surface area (TPSA) is 72.9 Å². The Morgan fingerprint density at radius 3 is 2.00 bits per heavy atom. The molecule has 2 rings (SSSR count). The molecule has 0 aliphatic carbocycles. The van der Waals surface area contributed by atoms with Gasteiger partial charge in [-0.1, -0.05) is 0 Å².